The molecule has 0 saturated carbocycles. The van der Waals surface area contributed by atoms with Gasteiger partial charge in [0.15, 0.2) is 0 Å². The molecule has 0 radical (unpaired) electrons. The highest BCUT2D eigenvalue weighted by Gasteiger charge is 2.16. The molecule has 7 heteroatoms. The fourth-order valence-corrected chi connectivity index (χ4v) is 3.90. The van der Waals surface area contributed by atoms with E-state index >= 15 is 0 Å². The molecule has 0 heterocycles. The monoisotopic (exact) mass is 373 g/mol. The van der Waals surface area contributed by atoms with Gasteiger partial charge in [0.2, 0.25) is 10.0 Å². The highest BCUT2D eigenvalue weighted by atomic mass is 32.2. The third kappa shape index (κ3) is 4.05. The van der Waals surface area contributed by atoms with Gasteiger partial charge in [0, 0.05) is 26.3 Å². The number of urea groups is 1. The number of nitrogens with one attached hydrogen (secondary N) is 2. The van der Waals surface area contributed by atoms with Crippen LogP contribution in [0.25, 0.3) is 0 Å². The molecule has 0 atom stereocenters. The number of aryl methyl sites for hydroxylation is 2. The third-order valence-corrected chi connectivity index (χ3v) is 6.34. The molecule has 2 aromatic rings. The number of anilines is 1. The van der Waals surface area contributed by atoms with E-state index in [0.717, 1.165) is 24.1 Å². The number of hydrogen-bond acceptors (Lipinski definition) is 3. The molecular formula is C19H23N3O3S. The van der Waals surface area contributed by atoms with Crippen LogP contribution in [0.4, 0.5) is 10.5 Å². The number of carbonyl (C=O) groups excluding carboxylic acids is 1. The van der Waals surface area contributed by atoms with Gasteiger partial charge in [-0.05, 0) is 60.2 Å². The molecule has 0 bridgehead atoms. The van der Waals surface area contributed by atoms with Gasteiger partial charge in [-0.1, -0.05) is 18.2 Å². The Labute approximate surface area is 154 Å². The van der Waals surface area contributed by atoms with E-state index in [0.29, 0.717) is 6.54 Å². The van der Waals surface area contributed by atoms with Crippen LogP contribution in [-0.2, 0) is 29.4 Å². The van der Waals surface area contributed by atoms with Gasteiger partial charge in [-0.25, -0.2) is 17.5 Å². The molecule has 2 N–H and O–H groups in total. The van der Waals surface area contributed by atoms with Crippen LogP contribution in [0.3, 0.4) is 0 Å². The van der Waals surface area contributed by atoms with Gasteiger partial charge in [0.25, 0.3) is 0 Å². The van der Waals surface area contributed by atoms with Crippen molar-refractivity contribution in [2.45, 2.75) is 30.7 Å². The third-order valence-electron chi connectivity index (χ3n) is 4.51. The zero-order valence-corrected chi connectivity index (χ0v) is 15.8. The highest BCUT2D eigenvalue weighted by molar-refractivity contribution is 7.89. The summed E-state index contributed by atoms with van der Waals surface area (Å²) in [6.07, 6.45) is 3.35. The summed E-state index contributed by atoms with van der Waals surface area (Å²) in [5, 5.41) is 5.63. The predicted molar refractivity (Wildman–Crippen MR) is 102 cm³/mol. The molecular weight excluding hydrogens is 350 g/mol. The minimum atomic E-state index is -3.44. The molecule has 0 saturated heterocycles. The first-order chi connectivity index (χ1) is 12.4. The van der Waals surface area contributed by atoms with Gasteiger partial charge in [-0.15, -0.1) is 0 Å². The number of carbonyl (C=O) groups is 1. The molecule has 26 heavy (non-hydrogen) atoms. The fourth-order valence-electron chi connectivity index (χ4n) is 3.00. The molecule has 0 unspecified atom stereocenters. The summed E-state index contributed by atoms with van der Waals surface area (Å²) in [6.45, 7) is 0.319. The molecule has 0 aromatic heterocycles. The average Bonchev–Trinajstić information content (AvgIpc) is 3.08. The van der Waals surface area contributed by atoms with Crippen molar-refractivity contribution in [3.8, 4) is 0 Å². The van der Waals surface area contributed by atoms with Crippen molar-refractivity contribution < 1.29 is 13.2 Å². The van der Waals surface area contributed by atoms with Crippen LogP contribution in [0.2, 0.25) is 0 Å². The summed E-state index contributed by atoms with van der Waals surface area (Å²) >= 11 is 0. The van der Waals surface area contributed by atoms with Crippen molar-refractivity contribution >= 4 is 21.7 Å². The number of nitrogens with zero attached hydrogens (tertiary/aromatic N) is 1. The summed E-state index contributed by atoms with van der Waals surface area (Å²) in [6, 6.07) is 12.2. The first-order valence-corrected chi connectivity index (χ1v) is 9.98. The second kappa shape index (κ2) is 7.47. The number of amides is 2. The Bertz CT molecular complexity index is 906. The van der Waals surface area contributed by atoms with E-state index in [1.807, 2.05) is 12.1 Å². The van der Waals surface area contributed by atoms with Gasteiger partial charge >= 0.3 is 6.03 Å². The Balaban J connectivity index is 1.56. The van der Waals surface area contributed by atoms with E-state index in [4.69, 9.17) is 0 Å². The minimum absolute atomic E-state index is 0.230. The van der Waals surface area contributed by atoms with Crippen LogP contribution in [0, 0.1) is 0 Å². The molecule has 3 rings (SSSR count). The quantitative estimate of drug-likeness (QED) is 0.846. The molecule has 0 fully saturated rings. The lowest BCUT2D eigenvalue weighted by molar-refractivity contribution is 0.251. The van der Waals surface area contributed by atoms with Crippen molar-refractivity contribution in [1.29, 1.82) is 0 Å². The van der Waals surface area contributed by atoms with E-state index in [1.165, 1.54) is 35.9 Å². The zero-order valence-electron chi connectivity index (χ0n) is 15.0. The smallest absolute Gasteiger partial charge is 0.319 e. The summed E-state index contributed by atoms with van der Waals surface area (Å²) in [5.41, 5.74) is 4.28. The van der Waals surface area contributed by atoms with E-state index in [-0.39, 0.29) is 10.9 Å². The molecule has 6 nitrogen and oxygen atoms in total. The van der Waals surface area contributed by atoms with Crippen molar-refractivity contribution in [2.75, 3.05) is 19.4 Å². The zero-order chi connectivity index (χ0) is 18.7. The molecule has 0 spiro atoms. The van der Waals surface area contributed by atoms with Crippen LogP contribution in [-0.4, -0.2) is 32.8 Å². The van der Waals surface area contributed by atoms with E-state index in [9.17, 15) is 13.2 Å². The summed E-state index contributed by atoms with van der Waals surface area (Å²) < 4.78 is 25.2. The summed E-state index contributed by atoms with van der Waals surface area (Å²) in [7, 11) is -0.449. The summed E-state index contributed by atoms with van der Waals surface area (Å²) in [5.74, 6) is 0. The lowest BCUT2D eigenvalue weighted by Gasteiger charge is -2.12. The normalized spacial score (nSPS) is 13.5. The van der Waals surface area contributed by atoms with Crippen molar-refractivity contribution in [1.82, 2.24) is 9.62 Å². The average molecular weight is 373 g/mol. The second-order valence-electron chi connectivity index (χ2n) is 6.58. The van der Waals surface area contributed by atoms with Gasteiger partial charge in [-0.3, -0.25) is 0 Å². The van der Waals surface area contributed by atoms with E-state index in [1.54, 1.807) is 24.3 Å². The van der Waals surface area contributed by atoms with Crippen molar-refractivity contribution in [3.05, 3.63) is 59.2 Å². The van der Waals surface area contributed by atoms with Gasteiger partial charge < -0.3 is 10.6 Å². The first-order valence-electron chi connectivity index (χ1n) is 8.54. The van der Waals surface area contributed by atoms with Gasteiger partial charge in [0.1, 0.15) is 0 Å². The Hall–Kier alpha value is -2.38. The lowest BCUT2D eigenvalue weighted by Crippen LogP contribution is -2.28. The maximum Gasteiger partial charge on any atom is 0.319 e. The molecule has 0 aliphatic heterocycles. The number of hydrogen-bond donors (Lipinski definition) is 2. The maximum absolute atomic E-state index is 12.1. The SMILES string of the molecule is CN(C)S(=O)(=O)c1ccc(CNC(=O)Nc2ccc3c(c2)CCC3)cc1. The van der Waals surface area contributed by atoms with E-state index in [2.05, 4.69) is 16.7 Å². The molecule has 2 amide bonds. The molecule has 1 aliphatic rings. The maximum atomic E-state index is 12.1. The molecule has 138 valence electrons. The van der Waals surface area contributed by atoms with Gasteiger partial charge in [0.05, 0.1) is 4.90 Å². The van der Waals surface area contributed by atoms with Crippen LogP contribution < -0.4 is 10.6 Å². The topological polar surface area (TPSA) is 78.5 Å². The van der Waals surface area contributed by atoms with Crippen LogP contribution in [0.5, 0.6) is 0 Å². The minimum Gasteiger partial charge on any atom is -0.334 e. The largest absolute Gasteiger partial charge is 0.334 e. The Morgan fingerprint density at radius 3 is 2.42 bits per heavy atom. The Kier molecular flexibility index (Phi) is 5.29. The van der Waals surface area contributed by atoms with Crippen molar-refractivity contribution in [3.63, 3.8) is 0 Å². The number of rotatable bonds is 5. The highest BCUT2D eigenvalue weighted by Crippen LogP contribution is 2.24. The molecule has 1 aliphatic carbocycles. The second-order valence-corrected chi connectivity index (χ2v) is 8.73. The van der Waals surface area contributed by atoms with Crippen LogP contribution >= 0.6 is 0 Å². The van der Waals surface area contributed by atoms with Gasteiger partial charge in [-0.2, -0.15) is 0 Å². The summed E-state index contributed by atoms with van der Waals surface area (Å²) in [4.78, 5) is 12.3. The molecule has 2 aromatic carbocycles. The lowest BCUT2D eigenvalue weighted by atomic mass is 10.1. The van der Waals surface area contributed by atoms with Crippen molar-refractivity contribution in [2.24, 2.45) is 0 Å². The van der Waals surface area contributed by atoms with Crippen LogP contribution in [0.15, 0.2) is 47.4 Å². The number of fused-ring (bicyclic) bond motifs is 1. The van der Waals surface area contributed by atoms with Crippen LogP contribution in [0.1, 0.15) is 23.1 Å². The van der Waals surface area contributed by atoms with E-state index < -0.39 is 10.0 Å². The first kappa shape index (κ1) is 18.4. The number of sulfonamides is 1. The standard InChI is InChI=1S/C19H23N3O3S/c1-22(2)26(24,25)18-10-6-14(7-11-18)13-20-19(23)21-17-9-8-15-4-3-5-16(15)12-17/h6-12H,3-5,13H2,1-2H3,(H2,20,21,23). The number of benzene rings is 2. The Morgan fingerprint density at radius 2 is 1.73 bits per heavy atom. The fraction of sp³-hybridized carbons (Fsp3) is 0.316. The Morgan fingerprint density at radius 1 is 1.04 bits per heavy atom. The predicted octanol–water partition coefficient (Wildman–Crippen LogP) is 2.75.